The van der Waals surface area contributed by atoms with Gasteiger partial charge in [-0.1, -0.05) is 23.4 Å². The minimum atomic E-state index is -0.200. The van der Waals surface area contributed by atoms with Gasteiger partial charge in [0.15, 0.2) is 0 Å². The van der Waals surface area contributed by atoms with Crippen molar-refractivity contribution < 1.29 is 19.2 Å². The first-order chi connectivity index (χ1) is 20.1. The molecular weight excluding hydrogens is 538 g/mol. The molecule has 3 aromatic heterocycles. The van der Waals surface area contributed by atoms with Gasteiger partial charge in [-0.05, 0) is 56.2 Å². The fraction of sp³-hybridized carbons (Fsp3) is 0.258. The Hall–Kier alpha value is -4.44. The van der Waals surface area contributed by atoms with E-state index in [2.05, 4.69) is 31.1 Å². The summed E-state index contributed by atoms with van der Waals surface area (Å²) in [5, 5.41) is 7.52. The predicted octanol–water partition coefficient (Wildman–Crippen LogP) is 5.83. The number of carbonyl (C=O) groups excluding carboxylic acids is 2. The fourth-order valence-electron chi connectivity index (χ4n) is 4.54. The number of fused-ring (bicyclic) bond motifs is 1. The van der Waals surface area contributed by atoms with Crippen LogP contribution in [0.25, 0.3) is 0 Å². The lowest BCUT2D eigenvalue weighted by molar-refractivity contribution is -0.143. The van der Waals surface area contributed by atoms with Crippen LogP contribution < -0.4 is 5.32 Å². The average molecular weight is 570 g/mol. The summed E-state index contributed by atoms with van der Waals surface area (Å²) in [7, 11) is 0. The molecule has 10 heteroatoms. The van der Waals surface area contributed by atoms with Crippen LogP contribution in [-0.4, -0.2) is 45.3 Å². The zero-order valence-corrected chi connectivity index (χ0v) is 23.5. The average Bonchev–Trinajstić information content (AvgIpc) is 3.61. The minimum absolute atomic E-state index is 0.115. The molecule has 0 saturated carbocycles. The highest BCUT2D eigenvalue weighted by atomic mass is 32.2. The SMILES string of the molecule is CCOC(=O)CCCCO/N=C(/c1ccc(NC(=O)c2ccn3c2CSC3c2cccnc2)cc1)c1cccnc1. The molecule has 0 fully saturated rings. The van der Waals surface area contributed by atoms with Crippen LogP contribution in [0.5, 0.6) is 0 Å². The number of amides is 1. The minimum Gasteiger partial charge on any atom is -0.466 e. The van der Waals surface area contributed by atoms with Gasteiger partial charge in [-0.2, -0.15) is 0 Å². The number of rotatable bonds is 12. The highest BCUT2D eigenvalue weighted by molar-refractivity contribution is 7.99. The number of hydrogen-bond acceptors (Lipinski definition) is 8. The van der Waals surface area contributed by atoms with Crippen LogP contribution >= 0.6 is 11.8 Å². The van der Waals surface area contributed by atoms with E-state index in [-0.39, 0.29) is 17.3 Å². The molecule has 1 aliphatic rings. The Labute approximate surface area is 243 Å². The number of aromatic nitrogens is 3. The van der Waals surface area contributed by atoms with Crippen molar-refractivity contribution in [1.29, 1.82) is 0 Å². The number of oxime groups is 1. The molecule has 1 N–H and O–H groups in total. The van der Waals surface area contributed by atoms with E-state index in [0.717, 1.165) is 28.1 Å². The van der Waals surface area contributed by atoms with Crippen LogP contribution in [0.15, 0.2) is 90.7 Å². The molecular formula is C31H31N5O4S. The fourth-order valence-corrected chi connectivity index (χ4v) is 5.85. The first kappa shape index (κ1) is 28.1. The van der Waals surface area contributed by atoms with Gasteiger partial charge in [0.25, 0.3) is 5.91 Å². The van der Waals surface area contributed by atoms with E-state index in [1.807, 2.05) is 60.9 Å². The molecule has 41 heavy (non-hydrogen) atoms. The number of anilines is 1. The number of nitrogens with zero attached hydrogens (tertiary/aromatic N) is 4. The van der Waals surface area contributed by atoms with Gasteiger partial charge in [0.2, 0.25) is 0 Å². The molecule has 1 unspecified atom stereocenters. The molecule has 0 bridgehead atoms. The van der Waals surface area contributed by atoms with Gasteiger partial charge >= 0.3 is 5.97 Å². The summed E-state index contributed by atoms with van der Waals surface area (Å²) in [6.45, 7) is 2.55. The van der Waals surface area contributed by atoms with Crippen LogP contribution in [0.2, 0.25) is 0 Å². The Kier molecular flexibility index (Phi) is 9.43. The summed E-state index contributed by atoms with van der Waals surface area (Å²) >= 11 is 1.78. The Morgan fingerprint density at radius 3 is 2.56 bits per heavy atom. The quantitative estimate of drug-likeness (QED) is 0.0990. The second kappa shape index (κ2) is 13.8. The normalized spacial score (nSPS) is 14.4. The maximum Gasteiger partial charge on any atom is 0.305 e. The molecule has 1 aliphatic heterocycles. The van der Waals surface area contributed by atoms with Crippen LogP contribution in [0.3, 0.4) is 0 Å². The van der Waals surface area contributed by atoms with Gasteiger partial charge in [-0.3, -0.25) is 19.6 Å². The van der Waals surface area contributed by atoms with Gasteiger partial charge in [0.05, 0.1) is 12.2 Å². The number of nitrogens with one attached hydrogen (secondary N) is 1. The molecule has 4 heterocycles. The van der Waals surface area contributed by atoms with Gasteiger partial charge in [0.1, 0.15) is 17.7 Å². The first-order valence-electron chi connectivity index (χ1n) is 13.5. The zero-order valence-electron chi connectivity index (χ0n) is 22.7. The van der Waals surface area contributed by atoms with E-state index in [9.17, 15) is 9.59 Å². The second-order valence-electron chi connectivity index (χ2n) is 9.34. The van der Waals surface area contributed by atoms with Crippen molar-refractivity contribution in [2.45, 2.75) is 37.3 Å². The number of esters is 1. The standard InChI is InChI=1S/C31H31N5O4S/c1-2-39-28(37)9-3-4-18-40-35-29(23-7-5-15-32-19-23)22-10-12-25(13-11-22)34-30(38)26-14-17-36-27(26)21-41-31(36)24-8-6-16-33-20-24/h5-8,10-17,19-20,31H,2-4,9,18,21H2,1H3,(H,34,38)/b35-29-. The van der Waals surface area contributed by atoms with E-state index < -0.39 is 0 Å². The van der Waals surface area contributed by atoms with Crippen molar-refractivity contribution in [2.75, 3.05) is 18.5 Å². The number of benzene rings is 1. The van der Waals surface area contributed by atoms with Crippen molar-refractivity contribution in [3.05, 3.63) is 114 Å². The largest absolute Gasteiger partial charge is 0.466 e. The summed E-state index contributed by atoms with van der Waals surface area (Å²) in [6.07, 6.45) is 10.7. The van der Waals surface area contributed by atoms with Crippen molar-refractivity contribution in [3.8, 4) is 0 Å². The molecule has 0 saturated heterocycles. The van der Waals surface area contributed by atoms with Gasteiger partial charge in [-0.25, -0.2) is 0 Å². The van der Waals surface area contributed by atoms with Gasteiger partial charge in [0, 0.05) is 71.2 Å². The number of pyridine rings is 2. The smallest absolute Gasteiger partial charge is 0.305 e. The summed E-state index contributed by atoms with van der Waals surface area (Å²) in [5.74, 6) is 0.405. The van der Waals surface area contributed by atoms with Crippen molar-refractivity contribution in [2.24, 2.45) is 5.16 Å². The summed E-state index contributed by atoms with van der Waals surface area (Å²) in [6, 6.07) is 17.1. The number of carbonyl (C=O) groups is 2. The molecule has 210 valence electrons. The van der Waals surface area contributed by atoms with Crippen LogP contribution in [-0.2, 0) is 20.1 Å². The third kappa shape index (κ3) is 7.01. The highest BCUT2D eigenvalue weighted by Gasteiger charge is 2.28. The Bertz CT molecular complexity index is 1490. The first-order valence-corrected chi connectivity index (χ1v) is 14.6. The molecule has 9 nitrogen and oxygen atoms in total. The van der Waals surface area contributed by atoms with E-state index in [0.29, 0.717) is 49.4 Å². The number of hydrogen-bond donors (Lipinski definition) is 1. The molecule has 1 amide bonds. The number of thioether (sulfide) groups is 1. The van der Waals surface area contributed by atoms with Crippen molar-refractivity contribution in [1.82, 2.24) is 14.5 Å². The van der Waals surface area contributed by atoms with Crippen molar-refractivity contribution in [3.63, 3.8) is 0 Å². The summed E-state index contributed by atoms with van der Waals surface area (Å²) < 4.78 is 7.10. The van der Waals surface area contributed by atoms with E-state index in [1.54, 1.807) is 37.3 Å². The topological polar surface area (TPSA) is 108 Å². The van der Waals surface area contributed by atoms with Crippen LogP contribution in [0.1, 0.15) is 64.3 Å². The van der Waals surface area contributed by atoms with Crippen LogP contribution in [0.4, 0.5) is 5.69 Å². The lowest BCUT2D eigenvalue weighted by atomic mass is 10.0. The lowest BCUT2D eigenvalue weighted by Gasteiger charge is -2.12. The predicted molar refractivity (Wildman–Crippen MR) is 159 cm³/mol. The Balaban J connectivity index is 1.23. The number of ether oxygens (including phenoxy) is 1. The maximum atomic E-state index is 13.2. The van der Waals surface area contributed by atoms with Crippen LogP contribution in [0, 0.1) is 0 Å². The Morgan fingerprint density at radius 1 is 1.02 bits per heavy atom. The lowest BCUT2D eigenvalue weighted by Crippen LogP contribution is -2.13. The Morgan fingerprint density at radius 2 is 1.83 bits per heavy atom. The monoisotopic (exact) mass is 569 g/mol. The third-order valence-corrected chi connectivity index (χ3v) is 7.80. The molecule has 5 rings (SSSR count). The van der Waals surface area contributed by atoms with E-state index in [1.165, 1.54) is 0 Å². The molecule has 1 atom stereocenters. The maximum absolute atomic E-state index is 13.2. The van der Waals surface area contributed by atoms with Crippen molar-refractivity contribution >= 4 is 35.0 Å². The molecule has 1 aromatic carbocycles. The molecule has 0 aliphatic carbocycles. The second-order valence-corrected chi connectivity index (χ2v) is 10.4. The van der Waals surface area contributed by atoms with Gasteiger partial charge < -0.3 is 19.5 Å². The van der Waals surface area contributed by atoms with E-state index in [4.69, 9.17) is 9.57 Å². The van der Waals surface area contributed by atoms with E-state index >= 15 is 0 Å². The number of unbranched alkanes of at least 4 members (excludes halogenated alkanes) is 1. The third-order valence-electron chi connectivity index (χ3n) is 6.55. The summed E-state index contributed by atoms with van der Waals surface area (Å²) in [4.78, 5) is 38.8. The summed E-state index contributed by atoms with van der Waals surface area (Å²) in [5.41, 5.74) is 5.72. The van der Waals surface area contributed by atoms with Gasteiger partial charge in [-0.15, -0.1) is 11.8 Å². The molecule has 4 aromatic rings. The zero-order chi connectivity index (χ0) is 28.4. The molecule has 0 radical (unpaired) electrons. The highest BCUT2D eigenvalue weighted by Crippen LogP contribution is 2.42. The molecule has 0 spiro atoms.